The van der Waals surface area contributed by atoms with E-state index >= 15 is 0 Å². The van der Waals surface area contributed by atoms with Gasteiger partial charge in [-0.2, -0.15) is 0 Å². The molecule has 0 fully saturated rings. The lowest BCUT2D eigenvalue weighted by Crippen LogP contribution is -2.28. The standard InChI is InChI=1S/C15H18N4O4/c1-9-5-7-10(8-6-9)19-11(13(20)21)12(17-18-19)16-14(22)23-15(2,3)4/h5-8H,1-4H3,(H,16,22)(H,20,21). The van der Waals surface area contributed by atoms with Crippen LogP contribution in [0.4, 0.5) is 10.6 Å². The van der Waals surface area contributed by atoms with Gasteiger partial charge in [0, 0.05) is 0 Å². The van der Waals surface area contributed by atoms with E-state index in [1.54, 1.807) is 32.9 Å². The van der Waals surface area contributed by atoms with E-state index < -0.39 is 17.7 Å². The average Bonchev–Trinajstić information content (AvgIpc) is 2.81. The maximum absolute atomic E-state index is 11.8. The number of aromatic nitrogens is 3. The molecule has 2 aromatic rings. The van der Waals surface area contributed by atoms with Crippen LogP contribution in [0.15, 0.2) is 24.3 Å². The lowest BCUT2D eigenvalue weighted by Gasteiger charge is -2.19. The zero-order valence-electron chi connectivity index (χ0n) is 13.3. The van der Waals surface area contributed by atoms with Crippen LogP contribution in [0.5, 0.6) is 0 Å². The Morgan fingerprint density at radius 2 is 1.83 bits per heavy atom. The van der Waals surface area contributed by atoms with Gasteiger partial charge >= 0.3 is 12.1 Å². The van der Waals surface area contributed by atoms with Gasteiger partial charge in [-0.1, -0.05) is 22.9 Å². The number of ether oxygens (including phenoxy) is 1. The Morgan fingerprint density at radius 3 is 2.35 bits per heavy atom. The maximum Gasteiger partial charge on any atom is 0.413 e. The Kier molecular flexibility index (Phi) is 4.35. The van der Waals surface area contributed by atoms with E-state index in [0.717, 1.165) is 10.2 Å². The lowest BCUT2D eigenvalue weighted by molar-refractivity contribution is 0.0635. The third-order valence-electron chi connectivity index (χ3n) is 2.77. The number of aromatic carboxylic acids is 1. The van der Waals surface area contributed by atoms with Crippen molar-refractivity contribution in [1.29, 1.82) is 0 Å². The molecule has 8 nitrogen and oxygen atoms in total. The predicted molar refractivity (Wildman–Crippen MR) is 82.9 cm³/mol. The van der Waals surface area contributed by atoms with E-state index in [4.69, 9.17) is 4.74 Å². The summed E-state index contributed by atoms with van der Waals surface area (Å²) < 4.78 is 6.23. The van der Waals surface area contributed by atoms with Gasteiger partial charge < -0.3 is 9.84 Å². The van der Waals surface area contributed by atoms with Crippen molar-refractivity contribution in [2.45, 2.75) is 33.3 Å². The fourth-order valence-electron chi connectivity index (χ4n) is 1.82. The number of carboxylic acids is 1. The maximum atomic E-state index is 11.8. The fraction of sp³-hybridized carbons (Fsp3) is 0.333. The van der Waals surface area contributed by atoms with Gasteiger partial charge in [0.25, 0.3) is 0 Å². The molecule has 0 radical (unpaired) electrons. The molecular formula is C15H18N4O4. The second-order valence-electron chi connectivity index (χ2n) is 5.97. The summed E-state index contributed by atoms with van der Waals surface area (Å²) in [5, 5.41) is 19.2. The monoisotopic (exact) mass is 318 g/mol. The molecule has 0 aliphatic rings. The Balaban J connectivity index is 2.34. The van der Waals surface area contributed by atoms with Crippen LogP contribution in [0.2, 0.25) is 0 Å². The number of hydrogen-bond donors (Lipinski definition) is 2. The van der Waals surface area contributed by atoms with Crippen molar-refractivity contribution in [3.8, 4) is 5.69 Å². The first-order valence-electron chi connectivity index (χ1n) is 6.93. The minimum absolute atomic E-state index is 0.174. The molecule has 2 rings (SSSR count). The summed E-state index contributed by atoms with van der Waals surface area (Å²) >= 11 is 0. The molecule has 0 aliphatic heterocycles. The van der Waals surface area contributed by atoms with Crippen molar-refractivity contribution in [2.75, 3.05) is 5.32 Å². The molecule has 2 N–H and O–H groups in total. The molecule has 0 saturated carbocycles. The highest BCUT2D eigenvalue weighted by Gasteiger charge is 2.24. The molecule has 1 aromatic carbocycles. The summed E-state index contributed by atoms with van der Waals surface area (Å²) in [5.41, 5.74) is 0.593. The molecular weight excluding hydrogens is 300 g/mol. The van der Waals surface area contributed by atoms with Gasteiger partial charge in [-0.3, -0.25) is 5.32 Å². The van der Waals surface area contributed by atoms with Crippen molar-refractivity contribution >= 4 is 17.9 Å². The number of aryl methyl sites for hydroxylation is 1. The summed E-state index contributed by atoms with van der Waals surface area (Å²) in [7, 11) is 0. The summed E-state index contributed by atoms with van der Waals surface area (Å²) in [4.78, 5) is 23.3. The van der Waals surface area contributed by atoms with Gasteiger partial charge in [-0.05, 0) is 39.8 Å². The van der Waals surface area contributed by atoms with Crippen LogP contribution in [-0.4, -0.2) is 37.8 Å². The molecule has 122 valence electrons. The molecule has 8 heteroatoms. The second kappa shape index (κ2) is 6.07. The van der Waals surface area contributed by atoms with Crippen molar-refractivity contribution < 1.29 is 19.4 Å². The average molecular weight is 318 g/mol. The van der Waals surface area contributed by atoms with Crippen molar-refractivity contribution in [3.63, 3.8) is 0 Å². The highest BCUT2D eigenvalue weighted by atomic mass is 16.6. The first kappa shape index (κ1) is 16.5. The highest BCUT2D eigenvalue weighted by molar-refractivity contribution is 5.96. The van der Waals surface area contributed by atoms with Gasteiger partial charge in [0.05, 0.1) is 5.69 Å². The third-order valence-corrected chi connectivity index (χ3v) is 2.77. The Hall–Kier alpha value is -2.90. The number of carbonyl (C=O) groups excluding carboxylic acids is 1. The minimum atomic E-state index is -1.26. The van der Waals surface area contributed by atoms with Crippen molar-refractivity contribution in [1.82, 2.24) is 15.0 Å². The number of hydrogen-bond acceptors (Lipinski definition) is 5. The first-order chi connectivity index (χ1) is 10.7. The van der Waals surface area contributed by atoms with Crippen LogP contribution in [0.25, 0.3) is 5.69 Å². The largest absolute Gasteiger partial charge is 0.476 e. The van der Waals surface area contributed by atoms with E-state index in [1.165, 1.54) is 0 Å². The fourth-order valence-corrected chi connectivity index (χ4v) is 1.82. The summed E-state index contributed by atoms with van der Waals surface area (Å²) in [5.74, 6) is -1.44. The van der Waals surface area contributed by atoms with Gasteiger partial charge in [0.1, 0.15) is 5.60 Å². The number of nitrogens with zero attached hydrogens (tertiary/aromatic N) is 3. The zero-order chi connectivity index (χ0) is 17.2. The van der Waals surface area contributed by atoms with Crippen LogP contribution in [-0.2, 0) is 4.74 Å². The number of rotatable bonds is 3. The molecule has 1 amide bonds. The van der Waals surface area contributed by atoms with Crippen molar-refractivity contribution in [3.05, 3.63) is 35.5 Å². The van der Waals surface area contributed by atoms with E-state index in [9.17, 15) is 14.7 Å². The van der Waals surface area contributed by atoms with E-state index in [1.807, 2.05) is 19.1 Å². The van der Waals surface area contributed by atoms with Crippen molar-refractivity contribution in [2.24, 2.45) is 0 Å². The number of amides is 1. The van der Waals surface area contributed by atoms with E-state index in [2.05, 4.69) is 15.6 Å². The summed E-state index contributed by atoms with van der Waals surface area (Å²) in [6.45, 7) is 7.02. The molecule has 0 aliphatic carbocycles. The molecule has 0 unspecified atom stereocenters. The van der Waals surface area contributed by atoms with E-state index in [-0.39, 0.29) is 11.5 Å². The highest BCUT2D eigenvalue weighted by Crippen LogP contribution is 2.18. The van der Waals surface area contributed by atoms with Crippen LogP contribution in [0, 0.1) is 6.92 Å². The van der Waals surface area contributed by atoms with Gasteiger partial charge in [-0.15, -0.1) is 5.10 Å². The lowest BCUT2D eigenvalue weighted by atomic mass is 10.2. The van der Waals surface area contributed by atoms with Crippen LogP contribution in [0.3, 0.4) is 0 Å². The topological polar surface area (TPSA) is 106 Å². The quantitative estimate of drug-likeness (QED) is 0.901. The second-order valence-corrected chi connectivity index (χ2v) is 5.97. The van der Waals surface area contributed by atoms with Crippen LogP contribution in [0.1, 0.15) is 36.8 Å². The number of anilines is 1. The molecule has 0 atom stereocenters. The molecule has 23 heavy (non-hydrogen) atoms. The molecule has 0 bridgehead atoms. The number of carboxylic acid groups (broad SMARTS) is 1. The Bertz CT molecular complexity index is 729. The van der Waals surface area contributed by atoms with Gasteiger partial charge in [0.15, 0.2) is 11.5 Å². The van der Waals surface area contributed by atoms with Crippen LogP contribution >= 0.6 is 0 Å². The van der Waals surface area contributed by atoms with Crippen LogP contribution < -0.4 is 5.32 Å². The number of carbonyl (C=O) groups is 2. The Labute approximate surface area is 133 Å². The summed E-state index contributed by atoms with van der Waals surface area (Å²) in [6, 6.07) is 7.08. The first-order valence-corrected chi connectivity index (χ1v) is 6.93. The smallest absolute Gasteiger partial charge is 0.413 e. The minimum Gasteiger partial charge on any atom is -0.476 e. The molecule has 0 spiro atoms. The summed E-state index contributed by atoms with van der Waals surface area (Å²) in [6.07, 6.45) is -0.795. The van der Waals surface area contributed by atoms with E-state index in [0.29, 0.717) is 5.69 Å². The zero-order valence-corrected chi connectivity index (χ0v) is 13.3. The molecule has 1 heterocycles. The number of benzene rings is 1. The molecule has 1 aromatic heterocycles. The normalized spacial score (nSPS) is 11.1. The molecule has 0 saturated heterocycles. The van der Waals surface area contributed by atoms with Gasteiger partial charge in [0.2, 0.25) is 0 Å². The third kappa shape index (κ3) is 4.06. The SMILES string of the molecule is Cc1ccc(-n2nnc(NC(=O)OC(C)(C)C)c2C(=O)O)cc1. The Morgan fingerprint density at radius 1 is 1.22 bits per heavy atom. The predicted octanol–water partition coefficient (Wildman–Crippen LogP) is 2.62. The number of nitrogens with one attached hydrogen (secondary N) is 1. The van der Waals surface area contributed by atoms with Gasteiger partial charge in [-0.25, -0.2) is 14.3 Å².